The number of hydrogen-bond acceptors (Lipinski definition) is 2. The van der Waals surface area contributed by atoms with Crippen molar-refractivity contribution in [3.63, 3.8) is 0 Å². The molecule has 0 heterocycles. The van der Waals surface area contributed by atoms with Crippen molar-refractivity contribution in [2.75, 3.05) is 26.7 Å². The molecule has 1 aromatic carbocycles. The fourth-order valence-corrected chi connectivity index (χ4v) is 2.68. The van der Waals surface area contributed by atoms with E-state index in [0.29, 0.717) is 6.04 Å². The largest absolute Gasteiger partial charge is 0.309 e. The minimum atomic E-state index is 0.435. The van der Waals surface area contributed by atoms with Crippen LogP contribution in [0.15, 0.2) is 24.3 Å². The van der Waals surface area contributed by atoms with Gasteiger partial charge in [0.15, 0.2) is 0 Å². The summed E-state index contributed by atoms with van der Waals surface area (Å²) in [5, 5.41) is 3.61. The lowest BCUT2D eigenvalue weighted by Gasteiger charge is -2.25. The van der Waals surface area contributed by atoms with Gasteiger partial charge in [-0.3, -0.25) is 0 Å². The molecule has 1 unspecified atom stereocenters. The van der Waals surface area contributed by atoms with E-state index in [2.05, 4.69) is 69.2 Å². The maximum Gasteiger partial charge on any atom is 0.0449 e. The molecule has 0 radical (unpaired) electrons. The topological polar surface area (TPSA) is 15.3 Å². The Balaban J connectivity index is 2.70. The first-order chi connectivity index (χ1) is 9.56. The smallest absolute Gasteiger partial charge is 0.0449 e. The Morgan fingerprint density at radius 3 is 2.25 bits per heavy atom. The highest BCUT2D eigenvalue weighted by atomic mass is 15.1. The van der Waals surface area contributed by atoms with Crippen LogP contribution in [0, 0.1) is 5.92 Å². The zero-order valence-corrected chi connectivity index (χ0v) is 13.9. The van der Waals surface area contributed by atoms with Gasteiger partial charge in [0.25, 0.3) is 0 Å². The molecule has 1 N–H and O–H groups in total. The average molecular weight is 276 g/mol. The van der Waals surface area contributed by atoms with Gasteiger partial charge in [-0.25, -0.2) is 0 Å². The van der Waals surface area contributed by atoms with Crippen LogP contribution in [0.1, 0.15) is 51.3 Å². The molecule has 20 heavy (non-hydrogen) atoms. The molecule has 114 valence electrons. The lowest BCUT2D eigenvalue weighted by atomic mass is 9.99. The van der Waals surface area contributed by atoms with Crippen LogP contribution in [0.4, 0.5) is 0 Å². The Labute approximate surface area is 125 Å². The standard InChI is InChI=1S/C18H32N2/c1-6-12-20(5)14-18(19-7-2)17-10-8-16(9-11-17)13-15(3)4/h8-11,15,18-19H,6-7,12-14H2,1-5H3. The van der Waals surface area contributed by atoms with Crippen molar-refractivity contribution in [1.82, 2.24) is 10.2 Å². The van der Waals surface area contributed by atoms with Gasteiger partial charge in [0.1, 0.15) is 0 Å². The lowest BCUT2D eigenvalue weighted by molar-refractivity contribution is 0.292. The molecule has 0 saturated carbocycles. The third-order valence-electron chi connectivity index (χ3n) is 3.58. The molecule has 0 spiro atoms. The van der Waals surface area contributed by atoms with Gasteiger partial charge >= 0.3 is 0 Å². The molecule has 1 rings (SSSR count). The number of nitrogens with one attached hydrogen (secondary N) is 1. The van der Waals surface area contributed by atoms with Gasteiger partial charge in [-0.1, -0.05) is 52.0 Å². The van der Waals surface area contributed by atoms with E-state index in [1.54, 1.807) is 0 Å². The highest BCUT2D eigenvalue weighted by Gasteiger charge is 2.12. The molecule has 1 atom stereocenters. The van der Waals surface area contributed by atoms with Crippen molar-refractivity contribution < 1.29 is 0 Å². The lowest BCUT2D eigenvalue weighted by Crippen LogP contribution is -2.33. The molecule has 2 heteroatoms. The van der Waals surface area contributed by atoms with E-state index in [0.717, 1.165) is 25.6 Å². The van der Waals surface area contributed by atoms with E-state index < -0.39 is 0 Å². The number of rotatable bonds is 9. The van der Waals surface area contributed by atoms with Crippen LogP contribution in [0.3, 0.4) is 0 Å². The van der Waals surface area contributed by atoms with Gasteiger partial charge in [-0.05, 0) is 50.0 Å². The van der Waals surface area contributed by atoms with Gasteiger partial charge < -0.3 is 10.2 Å². The number of likely N-dealkylation sites (N-methyl/N-ethyl adjacent to an activating group) is 2. The van der Waals surface area contributed by atoms with Crippen molar-refractivity contribution in [2.45, 2.75) is 46.6 Å². The van der Waals surface area contributed by atoms with Gasteiger partial charge in [0.2, 0.25) is 0 Å². The van der Waals surface area contributed by atoms with Crippen molar-refractivity contribution in [1.29, 1.82) is 0 Å². The van der Waals surface area contributed by atoms with E-state index in [9.17, 15) is 0 Å². The third kappa shape index (κ3) is 6.06. The summed E-state index contributed by atoms with van der Waals surface area (Å²) in [5.74, 6) is 0.723. The molecule has 0 saturated heterocycles. The Kier molecular flexibility index (Phi) is 7.86. The maximum atomic E-state index is 3.61. The summed E-state index contributed by atoms with van der Waals surface area (Å²) in [7, 11) is 2.21. The van der Waals surface area contributed by atoms with E-state index in [1.807, 2.05) is 0 Å². The van der Waals surface area contributed by atoms with Gasteiger partial charge in [0, 0.05) is 12.6 Å². The molecule has 0 bridgehead atoms. The first kappa shape index (κ1) is 17.2. The minimum absolute atomic E-state index is 0.435. The van der Waals surface area contributed by atoms with Crippen molar-refractivity contribution in [3.05, 3.63) is 35.4 Å². The normalized spacial score (nSPS) is 13.2. The SMILES string of the molecule is CCCN(C)CC(NCC)c1ccc(CC(C)C)cc1. The molecule has 0 aromatic heterocycles. The van der Waals surface area contributed by atoms with Crippen LogP contribution in [-0.4, -0.2) is 31.6 Å². The fourth-order valence-electron chi connectivity index (χ4n) is 2.68. The van der Waals surface area contributed by atoms with Crippen molar-refractivity contribution >= 4 is 0 Å². The second-order valence-corrected chi connectivity index (χ2v) is 6.21. The van der Waals surface area contributed by atoms with E-state index >= 15 is 0 Å². The average Bonchev–Trinajstić information content (AvgIpc) is 2.39. The number of hydrogen-bond donors (Lipinski definition) is 1. The second kappa shape index (κ2) is 9.15. The summed E-state index contributed by atoms with van der Waals surface area (Å²) in [6.07, 6.45) is 2.38. The molecule has 0 fully saturated rings. The molecular weight excluding hydrogens is 244 g/mol. The van der Waals surface area contributed by atoms with Crippen molar-refractivity contribution in [3.8, 4) is 0 Å². The number of nitrogens with zero attached hydrogens (tertiary/aromatic N) is 1. The molecule has 0 aliphatic rings. The van der Waals surface area contributed by atoms with Gasteiger partial charge in [-0.2, -0.15) is 0 Å². The van der Waals surface area contributed by atoms with Crippen LogP contribution >= 0.6 is 0 Å². The first-order valence-corrected chi connectivity index (χ1v) is 8.07. The van der Waals surface area contributed by atoms with Gasteiger partial charge in [0.05, 0.1) is 0 Å². The molecule has 0 aliphatic heterocycles. The summed E-state index contributed by atoms with van der Waals surface area (Å²) >= 11 is 0. The highest BCUT2D eigenvalue weighted by molar-refractivity contribution is 5.25. The van der Waals surface area contributed by atoms with E-state index in [-0.39, 0.29) is 0 Å². The summed E-state index contributed by atoms with van der Waals surface area (Å²) in [6.45, 7) is 12.2. The van der Waals surface area contributed by atoms with Crippen molar-refractivity contribution in [2.24, 2.45) is 5.92 Å². The Hall–Kier alpha value is -0.860. The van der Waals surface area contributed by atoms with Crippen LogP contribution in [0.2, 0.25) is 0 Å². The second-order valence-electron chi connectivity index (χ2n) is 6.21. The molecule has 0 aliphatic carbocycles. The number of benzene rings is 1. The minimum Gasteiger partial charge on any atom is -0.309 e. The maximum absolute atomic E-state index is 3.61. The molecule has 0 amide bonds. The van der Waals surface area contributed by atoms with Crippen LogP contribution < -0.4 is 5.32 Å². The molecule has 1 aromatic rings. The monoisotopic (exact) mass is 276 g/mol. The zero-order valence-electron chi connectivity index (χ0n) is 13.9. The zero-order chi connectivity index (χ0) is 15.0. The summed E-state index contributed by atoms with van der Waals surface area (Å²) in [5.41, 5.74) is 2.85. The van der Waals surface area contributed by atoms with E-state index in [4.69, 9.17) is 0 Å². The van der Waals surface area contributed by atoms with Crippen LogP contribution in [0.25, 0.3) is 0 Å². The molecular formula is C18H32N2. The summed E-state index contributed by atoms with van der Waals surface area (Å²) < 4.78 is 0. The van der Waals surface area contributed by atoms with Gasteiger partial charge in [-0.15, -0.1) is 0 Å². The highest BCUT2D eigenvalue weighted by Crippen LogP contribution is 2.17. The van der Waals surface area contributed by atoms with E-state index in [1.165, 1.54) is 24.0 Å². The Morgan fingerprint density at radius 1 is 1.10 bits per heavy atom. The predicted molar refractivity (Wildman–Crippen MR) is 89.2 cm³/mol. The summed E-state index contributed by atoms with van der Waals surface area (Å²) in [6, 6.07) is 9.61. The summed E-state index contributed by atoms with van der Waals surface area (Å²) in [4.78, 5) is 2.41. The fraction of sp³-hybridized carbons (Fsp3) is 0.667. The third-order valence-corrected chi connectivity index (χ3v) is 3.58. The first-order valence-electron chi connectivity index (χ1n) is 8.07. The molecule has 2 nitrogen and oxygen atoms in total. The Bertz CT molecular complexity index is 356. The predicted octanol–water partition coefficient (Wildman–Crippen LogP) is 3.88. The quantitative estimate of drug-likeness (QED) is 0.736. The van der Waals surface area contributed by atoms with Crippen LogP contribution in [-0.2, 0) is 6.42 Å². The Morgan fingerprint density at radius 2 is 1.75 bits per heavy atom. The van der Waals surface area contributed by atoms with Crippen LogP contribution in [0.5, 0.6) is 0 Å².